The van der Waals surface area contributed by atoms with Crippen LogP contribution in [0.5, 0.6) is 0 Å². The van der Waals surface area contributed by atoms with E-state index in [0.29, 0.717) is 18.3 Å². The van der Waals surface area contributed by atoms with Crippen LogP contribution < -0.4 is 0 Å². The number of aliphatic carboxylic acids is 1. The maximum atomic E-state index is 10.9. The molecule has 4 fully saturated rings. The average Bonchev–Trinajstić information content (AvgIpc) is 3.03. The van der Waals surface area contributed by atoms with Crippen LogP contribution in [-0.2, 0) is 25.2 Å². The minimum atomic E-state index is -0.645. The molecule has 0 aromatic heterocycles. The van der Waals surface area contributed by atoms with Gasteiger partial charge in [-0.1, -0.05) is 44.4 Å². The Labute approximate surface area is 172 Å². The summed E-state index contributed by atoms with van der Waals surface area (Å²) in [5.41, 5.74) is 0. The van der Waals surface area contributed by atoms with Gasteiger partial charge in [0.15, 0.2) is 0 Å². The quantitative estimate of drug-likeness (QED) is 0.516. The molecule has 0 amide bonds. The van der Waals surface area contributed by atoms with Crippen molar-refractivity contribution in [3.05, 3.63) is 5.92 Å². The fraction of sp³-hybridized carbons (Fsp3) is 0.909. The Hall–Kier alpha value is 0.0923. The van der Waals surface area contributed by atoms with Crippen molar-refractivity contribution in [1.82, 2.24) is 0 Å². The van der Waals surface area contributed by atoms with E-state index in [-0.39, 0.29) is 26.5 Å². The van der Waals surface area contributed by atoms with Crippen molar-refractivity contribution in [2.45, 2.75) is 83.7 Å². The van der Waals surface area contributed by atoms with E-state index in [4.69, 9.17) is 5.11 Å². The number of hydrogen-bond acceptors (Lipinski definition) is 2. The molecule has 0 aromatic carbocycles. The van der Waals surface area contributed by atoms with E-state index in [1.165, 1.54) is 44.9 Å². The van der Waals surface area contributed by atoms with E-state index in [0.717, 1.165) is 48.9 Å². The van der Waals surface area contributed by atoms with Crippen molar-refractivity contribution in [3.8, 4) is 0 Å². The Morgan fingerprint density at radius 1 is 1.04 bits per heavy atom. The maximum Gasteiger partial charge on any atom is 0.303 e. The first-order valence-electron chi connectivity index (χ1n) is 10.8. The predicted molar refractivity (Wildman–Crippen MR) is 97.8 cm³/mol. The molecule has 0 spiro atoms. The summed E-state index contributed by atoms with van der Waals surface area (Å²) in [5, 5.41) is 19.0. The molecule has 4 aliphatic rings. The molecule has 1 radical (unpaired) electrons. The first kappa shape index (κ1) is 20.8. The van der Waals surface area contributed by atoms with Crippen molar-refractivity contribution >= 4 is 5.97 Å². The van der Waals surface area contributed by atoms with Crippen molar-refractivity contribution in [2.75, 3.05) is 0 Å². The summed E-state index contributed by atoms with van der Waals surface area (Å²) in [6.07, 6.45) is 12.5. The largest absolute Gasteiger partial charge is 0.481 e. The Balaban J connectivity index is 0.00000196. The molecule has 4 heteroatoms. The molecule has 0 saturated heterocycles. The fourth-order valence-corrected chi connectivity index (χ4v) is 7.42. The van der Waals surface area contributed by atoms with Crippen molar-refractivity contribution < 1.29 is 35.4 Å². The average molecular weight is 534 g/mol. The molecule has 0 bridgehead atoms. The van der Waals surface area contributed by atoms with Crippen LogP contribution in [-0.4, -0.2) is 22.3 Å². The van der Waals surface area contributed by atoms with E-state index in [1.54, 1.807) is 0 Å². The van der Waals surface area contributed by atoms with Gasteiger partial charge in [0.05, 0.1) is 6.10 Å². The zero-order valence-electron chi connectivity index (χ0n) is 16.1. The number of aliphatic hydroxyl groups is 1. The van der Waals surface area contributed by atoms with Crippen LogP contribution in [0.1, 0.15) is 77.6 Å². The molecule has 0 aromatic rings. The van der Waals surface area contributed by atoms with E-state index >= 15 is 0 Å². The number of carboxylic acids is 1. The van der Waals surface area contributed by atoms with Gasteiger partial charge in [0.2, 0.25) is 0 Å². The SMILES string of the molecule is CC(CCC(=O)O)C1CCC2[C-]1CCC1C3CCC(O)CC3CCC21.[Re]. The molecule has 26 heavy (non-hydrogen) atoms. The van der Waals surface area contributed by atoms with E-state index < -0.39 is 5.97 Å². The van der Waals surface area contributed by atoms with Crippen LogP contribution in [0.3, 0.4) is 0 Å². The van der Waals surface area contributed by atoms with Crippen molar-refractivity contribution in [2.24, 2.45) is 41.4 Å². The summed E-state index contributed by atoms with van der Waals surface area (Å²) in [6, 6.07) is 0. The predicted octanol–water partition coefficient (Wildman–Crippen LogP) is 4.68. The number of carbonyl (C=O) groups is 1. The summed E-state index contributed by atoms with van der Waals surface area (Å²) >= 11 is 0. The Bertz CT molecular complexity index is 496. The first-order chi connectivity index (χ1) is 12.0. The maximum absolute atomic E-state index is 10.9. The minimum absolute atomic E-state index is 0. The number of hydrogen-bond donors (Lipinski definition) is 2. The Morgan fingerprint density at radius 3 is 2.58 bits per heavy atom. The third kappa shape index (κ3) is 3.94. The molecule has 8 unspecified atom stereocenters. The molecule has 149 valence electrons. The monoisotopic (exact) mass is 534 g/mol. The summed E-state index contributed by atoms with van der Waals surface area (Å²) in [5.74, 6) is 6.73. The molecule has 0 heterocycles. The van der Waals surface area contributed by atoms with Gasteiger partial charge in [-0.3, -0.25) is 4.79 Å². The first-order valence-corrected chi connectivity index (χ1v) is 10.8. The van der Waals surface area contributed by atoms with Crippen molar-refractivity contribution in [1.29, 1.82) is 0 Å². The van der Waals surface area contributed by atoms with E-state index in [2.05, 4.69) is 6.92 Å². The number of carboxylic acid groups (broad SMARTS) is 1. The van der Waals surface area contributed by atoms with Gasteiger partial charge in [0.25, 0.3) is 0 Å². The molecule has 4 rings (SSSR count). The molecular formula is C22H35O3Re-. The second-order valence-electron chi connectivity index (χ2n) is 9.61. The standard InChI is InChI=1S/C22H35O3.Re/c1-13(2-11-22(24)25)16-7-8-21-18(16)9-10-19-17-6-4-15(23)12-14(17)3-5-20(19)21;/h13-17,19-21,23H,2-12H2,1H3,(H,24,25);/q-1;. The van der Waals surface area contributed by atoms with Gasteiger partial charge >= 0.3 is 5.97 Å². The van der Waals surface area contributed by atoms with Crippen LogP contribution >= 0.6 is 0 Å². The van der Waals surface area contributed by atoms with Crippen LogP contribution in [0.25, 0.3) is 0 Å². The number of aliphatic hydroxyl groups excluding tert-OH is 1. The smallest absolute Gasteiger partial charge is 0.303 e. The molecule has 2 N–H and O–H groups in total. The van der Waals surface area contributed by atoms with Gasteiger partial charge in [0.1, 0.15) is 0 Å². The molecule has 8 atom stereocenters. The van der Waals surface area contributed by atoms with Crippen LogP contribution in [0.4, 0.5) is 0 Å². The molecule has 3 nitrogen and oxygen atoms in total. The van der Waals surface area contributed by atoms with E-state index in [9.17, 15) is 9.90 Å². The third-order valence-corrected chi connectivity index (χ3v) is 8.51. The summed E-state index contributed by atoms with van der Waals surface area (Å²) in [6.45, 7) is 2.29. The summed E-state index contributed by atoms with van der Waals surface area (Å²) in [4.78, 5) is 10.9. The third-order valence-electron chi connectivity index (χ3n) is 8.51. The minimum Gasteiger partial charge on any atom is -0.481 e. The summed E-state index contributed by atoms with van der Waals surface area (Å²) in [7, 11) is 0. The van der Waals surface area contributed by atoms with Crippen molar-refractivity contribution in [3.63, 3.8) is 0 Å². The topological polar surface area (TPSA) is 57.5 Å². The molecule has 4 saturated carbocycles. The Morgan fingerprint density at radius 2 is 1.81 bits per heavy atom. The summed E-state index contributed by atoms with van der Waals surface area (Å²) < 4.78 is 0. The normalized spacial score (nSPS) is 43.5. The second-order valence-corrected chi connectivity index (χ2v) is 9.61. The van der Waals surface area contributed by atoms with Gasteiger partial charge < -0.3 is 16.1 Å². The Kier molecular flexibility index (Phi) is 6.91. The van der Waals surface area contributed by atoms with Crippen LogP contribution in [0, 0.1) is 47.3 Å². The van der Waals surface area contributed by atoms with Gasteiger partial charge in [-0.05, 0) is 49.9 Å². The van der Waals surface area contributed by atoms with Gasteiger partial charge in [-0.2, -0.15) is 18.3 Å². The second kappa shape index (κ2) is 8.63. The zero-order chi connectivity index (χ0) is 17.6. The molecule has 4 aliphatic carbocycles. The van der Waals surface area contributed by atoms with Gasteiger partial charge in [-0.15, -0.1) is 0 Å². The molecular weight excluding hydrogens is 498 g/mol. The molecule has 0 aliphatic heterocycles. The van der Waals surface area contributed by atoms with Crippen LogP contribution in [0.2, 0.25) is 0 Å². The number of fused-ring (bicyclic) bond motifs is 5. The van der Waals surface area contributed by atoms with Gasteiger partial charge in [-0.25, -0.2) is 0 Å². The van der Waals surface area contributed by atoms with Crippen LogP contribution in [0.15, 0.2) is 0 Å². The zero-order valence-corrected chi connectivity index (χ0v) is 18.8. The fourth-order valence-electron chi connectivity index (χ4n) is 7.42. The van der Waals surface area contributed by atoms with E-state index in [1.807, 2.05) is 5.92 Å². The number of rotatable bonds is 4. The van der Waals surface area contributed by atoms with Gasteiger partial charge in [0, 0.05) is 26.8 Å².